The lowest BCUT2D eigenvalue weighted by Gasteiger charge is -2.24. The summed E-state index contributed by atoms with van der Waals surface area (Å²) in [5.74, 6) is 1.77. The minimum atomic E-state index is -0.360. The molecule has 8 nitrogen and oxygen atoms in total. The van der Waals surface area contributed by atoms with Gasteiger partial charge in [-0.1, -0.05) is 24.3 Å². The molecule has 2 heterocycles. The Morgan fingerprint density at radius 3 is 1.74 bits per heavy atom. The van der Waals surface area contributed by atoms with Crippen LogP contribution < -0.4 is 18.9 Å². The molecule has 0 spiro atoms. The minimum absolute atomic E-state index is 0.173. The molecule has 0 saturated carbocycles. The van der Waals surface area contributed by atoms with Crippen molar-refractivity contribution in [3.8, 4) is 23.0 Å². The fourth-order valence-corrected chi connectivity index (χ4v) is 4.26. The van der Waals surface area contributed by atoms with Crippen LogP contribution in [0.4, 0.5) is 0 Å². The number of aliphatic hydroxyl groups is 1. The molecule has 2 aliphatic rings. The first-order valence-electron chi connectivity index (χ1n) is 13.3. The van der Waals surface area contributed by atoms with Crippen molar-refractivity contribution in [2.45, 2.75) is 51.1 Å². The Morgan fingerprint density at radius 1 is 0.769 bits per heavy atom. The van der Waals surface area contributed by atoms with E-state index in [0.717, 1.165) is 55.7 Å². The van der Waals surface area contributed by atoms with Crippen molar-refractivity contribution in [1.82, 2.24) is 0 Å². The summed E-state index contributed by atoms with van der Waals surface area (Å²) in [5, 5.41) is 10.2. The van der Waals surface area contributed by atoms with Crippen LogP contribution in [-0.4, -0.2) is 50.9 Å². The molecule has 0 aliphatic carbocycles. The molecule has 208 valence electrons. The summed E-state index contributed by atoms with van der Waals surface area (Å²) in [5.41, 5.74) is 1.54. The van der Waals surface area contributed by atoms with Crippen LogP contribution in [-0.2, 0) is 14.3 Å². The molecule has 0 bridgehead atoms. The molecule has 4 rings (SSSR count). The number of ether oxygens (including phenoxy) is 6. The van der Waals surface area contributed by atoms with Crippen LogP contribution in [0.15, 0.2) is 60.4 Å². The normalized spacial score (nSPS) is 20.2. The lowest BCUT2D eigenvalue weighted by Crippen LogP contribution is -2.25. The first kappa shape index (κ1) is 28.3. The number of hydrogen-bond acceptors (Lipinski definition) is 8. The van der Waals surface area contributed by atoms with Gasteiger partial charge in [-0.15, -0.1) is 0 Å². The number of allylic oxidation sites excluding steroid dienone is 3. The summed E-state index contributed by atoms with van der Waals surface area (Å²) < 4.78 is 34.0. The first-order valence-corrected chi connectivity index (χ1v) is 13.3. The second kappa shape index (κ2) is 14.4. The average Bonchev–Trinajstić information content (AvgIpc) is 2.97. The Bertz CT molecular complexity index is 1190. The quantitative estimate of drug-likeness (QED) is 0.205. The van der Waals surface area contributed by atoms with Gasteiger partial charge >= 0.3 is 0 Å². The van der Waals surface area contributed by atoms with Gasteiger partial charge in [0.25, 0.3) is 0 Å². The van der Waals surface area contributed by atoms with Crippen LogP contribution in [0, 0.1) is 0 Å². The molecule has 2 aromatic carbocycles. The topological polar surface area (TPSA) is 92.7 Å². The maximum Gasteiger partial charge on any atom is 0.200 e. The van der Waals surface area contributed by atoms with E-state index in [1.807, 2.05) is 12.1 Å². The van der Waals surface area contributed by atoms with Crippen molar-refractivity contribution in [1.29, 1.82) is 0 Å². The molecular weight excluding hydrogens is 500 g/mol. The van der Waals surface area contributed by atoms with Crippen molar-refractivity contribution in [3.05, 3.63) is 71.5 Å². The van der Waals surface area contributed by atoms with Gasteiger partial charge in [-0.3, -0.25) is 4.79 Å². The maximum absolute atomic E-state index is 12.4. The van der Waals surface area contributed by atoms with E-state index >= 15 is 0 Å². The summed E-state index contributed by atoms with van der Waals surface area (Å²) >= 11 is 0. The zero-order chi connectivity index (χ0) is 27.5. The molecule has 2 saturated heterocycles. The second-order valence-corrected chi connectivity index (χ2v) is 9.29. The van der Waals surface area contributed by atoms with Crippen molar-refractivity contribution in [2.24, 2.45) is 0 Å². The molecule has 2 fully saturated rings. The van der Waals surface area contributed by atoms with Crippen LogP contribution in [0.5, 0.6) is 23.0 Å². The van der Waals surface area contributed by atoms with E-state index in [1.165, 1.54) is 12.2 Å². The van der Waals surface area contributed by atoms with E-state index in [2.05, 4.69) is 0 Å². The van der Waals surface area contributed by atoms with Crippen molar-refractivity contribution in [2.75, 3.05) is 27.4 Å². The summed E-state index contributed by atoms with van der Waals surface area (Å²) in [6.07, 6.45) is 12.7. The summed E-state index contributed by atoms with van der Waals surface area (Å²) in [7, 11) is 3.14. The molecule has 0 aromatic heterocycles. The standard InChI is InChI=1S/C31H36O8/c1-34-28-19-22(11-15-26(28)38-30-7-3-5-17-36-30)9-13-24(32)21-25(33)14-10-23-12-16-27(29(20-23)35-2)39-31-8-4-6-18-37-31/h9-16,19-21,30-32H,3-8,17-18H2,1-2H3/b13-9+,14-10+,24-21-. The lowest BCUT2D eigenvalue weighted by molar-refractivity contribution is -0.110. The van der Waals surface area contributed by atoms with E-state index in [1.54, 1.807) is 50.6 Å². The van der Waals surface area contributed by atoms with E-state index in [9.17, 15) is 9.90 Å². The molecular formula is C31H36O8. The minimum Gasteiger partial charge on any atom is -0.508 e. The number of aliphatic hydroxyl groups excluding tert-OH is 1. The largest absolute Gasteiger partial charge is 0.508 e. The van der Waals surface area contributed by atoms with Crippen LogP contribution in [0.1, 0.15) is 49.7 Å². The molecule has 1 N–H and O–H groups in total. The maximum atomic E-state index is 12.4. The Hall–Kier alpha value is -3.75. The highest BCUT2D eigenvalue weighted by Crippen LogP contribution is 2.32. The fraction of sp³-hybridized carbons (Fsp3) is 0.387. The SMILES string of the molecule is COc1cc(/C=C/C(=O)/C=C(O)/C=C/c2ccc(OC3CCCCO3)c(OC)c2)ccc1OC1CCCCO1. The number of rotatable bonds is 11. The molecule has 8 heteroatoms. The summed E-state index contributed by atoms with van der Waals surface area (Å²) in [6, 6.07) is 10.8. The average molecular weight is 537 g/mol. The molecule has 2 unspecified atom stereocenters. The Kier molecular flexibility index (Phi) is 10.4. The second-order valence-electron chi connectivity index (χ2n) is 9.29. The van der Waals surface area contributed by atoms with Gasteiger partial charge in [-0.05, 0) is 73.2 Å². The van der Waals surface area contributed by atoms with Gasteiger partial charge in [0.05, 0.1) is 27.4 Å². The number of ketones is 1. The van der Waals surface area contributed by atoms with Gasteiger partial charge in [0.15, 0.2) is 41.4 Å². The fourth-order valence-electron chi connectivity index (χ4n) is 4.26. The molecule has 0 amide bonds. The van der Waals surface area contributed by atoms with Gasteiger partial charge in [0.2, 0.25) is 0 Å². The van der Waals surface area contributed by atoms with Gasteiger partial charge in [0, 0.05) is 18.9 Å². The number of hydrogen-bond donors (Lipinski definition) is 1. The summed E-state index contributed by atoms with van der Waals surface area (Å²) in [6.45, 7) is 1.39. The number of carbonyl (C=O) groups is 1. The predicted octanol–water partition coefficient (Wildman–Crippen LogP) is 6.25. The highest BCUT2D eigenvalue weighted by Gasteiger charge is 2.18. The third-order valence-corrected chi connectivity index (χ3v) is 6.34. The molecule has 0 radical (unpaired) electrons. The predicted molar refractivity (Wildman–Crippen MR) is 148 cm³/mol. The van der Waals surface area contributed by atoms with Gasteiger partial charge < -0.3 is 33.5 Å². The molecule has 2 aromatic rings. The van der Waals surface area contributed by atoms with E-state index < -0.39 is 0 Å². The smallest absolute Gasteiger partial charge is 0.200 e. The van der Waals surface area contributed by atoms with Crippen molar-refractivity contribution < 1.29 is 38.3 Å². The number of carbonyl (C=O) groups excluding carboxylic acids is 1. The van der Waals surface area contributed by atoms with Crippen molar-refractivity contribution >= 4 is 17.9 Å². The zero-order valence-corrected chi connectivity index (χ0v) is 22.5. The Balaban J connectivity index is 1.34. The highest BCUT2D eigenvalue weighted by atomic mass is 16.7. The number of methoxy groups -OCH3 is 2. The van der Waals surface area contributed by atoms with Crippen LogP contribution in [0.3, 0.4) is 0 Å². The van der Waals surface area contributed by atoms with Gasteiger partial charge in [-0.2, -0.15) is 0 Å². The Morgan fingerprint density at radius 2 is 1.28 bits per heavy atom. The monoisotopic (exact) mass is 536 g/mol. The van der Waals surface area contributed by atoms with Crippen LogP contribution >= 0.6 is 0 Å². The Labute approximate surface area is 229 Å². The third kappa shape index (κ3) is 8.63. The van der Waals surface area contributed by atoms with Crippen molar-refractivity contribution in [3.63, 3.8) is 0 Å². The van der Waals surface area contributed by atoms with E-state index in [-0.39, 0.29) is 24.1 Å². The zero-order valence-electron chi connectivity index (χ0n) is 22.5. The molecule has 39 heavy (non-hydrogen) atoms. The van der Waals surface area contributed by atoms with Gasteiger partial charge in [-0.25, -0.2) is 0 Å². The molecule has 2 aliphatic heterocycles. The lowest BCUT2D eigenvalue weighted by atomic mass is 10.1. The first-order chi connectivity index (χ1) is 19.0. The van der Waals surface area contributed by atoms with Gasteiger partial charge in [0.1, 0.15) is 5.76 Å². The highest BCUT2D eigenvalue weighted by molar-refractivity contribution is 6.02. The van der Waals surface area contributed by atoms with E-state index in [4.69, 9.17) is 28.4 Å². The summed E-state index contributed by atoms with van der Waals surface area (Å²) in [4.78, 5) is 12.4. The van der Waals surface area contributed by atoms with Crippen LogP contribution in [0.2, 0.25) is 0 Å². The third-order valence-electron chi connectivity index (χ3n) is 6.34. The van der Waals surface area contributed by atoms with E-state index in [0.29, 0.717) is 36.2 Å². The number of benzene rings is 2. The molecule has 2 atom stereocenters. The van der Waals surface area contributed by atoms with Crippen LogP contribution in [0.25, 0.3) is 12.2 Å².